The van der Waals surface area contributed by atoms with Crippen LogP contribution >= 0.6 is 12.0 Å². The van der Waals surface area contributed by atoms with Crippen LogP contribution in [-0.2, 0) is 19.5 Å². The third-order valence-corrected chi connectivity index (χ3v) is 7.33. The van der Waals surface area contributed by atoms with Gasteiger partial charge in [0.15, 0.2) is 0 Å². The number of nitrogens with one attached hydrogen (secondary N) is 3. The van der Waals surface area contributed by atoms with E-state index in [1.54, 1.807) is 41.4 Å². The van der Waals surface area contributed by atoms with Gasteiger partial charge in [-0.25, -0.2) is 5.26 Å². The number of benzene rings is 2. The monoisotopic (exact) mass is 713 g/mol. The normalized spacial score (nSPS) is 11.5. The molecule has 0 radical (unpaired) electrons. The molecule has 0 aliphatic rings. The molecular formula is C27H39N9O10S2. The fourth-order valence-electron chi connectivity index (χ4n) is 4.21. The zero-order valence-electron chi connectivity index (χ0n) is 25.7. The van der Waals surface area contributed by atoms with Crippen molar-refractivity contribution in [2.45, 2.75) is 0 Å². The average Bonchev–Trinajstić information content (AvgIpc) is 3.04. The number of aliphatic hydroxyl groups is 4. The summed E-state index contributed by atoms with van der Waals surface area (Å²) in [5.74, 6) is -0.140. The van der Waals surface area contributed by atoms with Crippen molar-refractivity contribution in [1.29, 1.82) is 0 Å². The standard InChI is InChI=1S/C27H39N9O10S2/c37-10-6-35(7-11-38)24-18-22(28-4-14-47-46-45-41)17-23(19-24)30-20-2-1-3-21(16-20)31-26-32-25(29-5-15-48(42,43)44)33-27(34-26)36(8-12-39)9-13-40/h1-4,16-19,30,37-41H,5-15H2,(H,42,43,44)(H2,29,31,32,33,34). The highest BCUT2D eigenvalue weighted by Crippen LogP contribution is 2.30. The highest BCUT2D eigenvalue weighted by molar-refractivity contribution is 7.95. The maximum atomic E-state index is 11.2. The molecule has 9 N–H and O–H groups in total. The second-order valence-electron chi connectivity index (χ2n) is 9.67. The molecule has 0 amide bonds. The van der Waals surface area contributed by atoms with Gasteiger partial charge in [-0.1, -0.05) is 11.1 Å². The number of rotatable bonds is 23. The van der Waals surface area contributed by atoms with Gasteiger partial charge in [0.1, 0.15) is 0 Å². The van der Waals surface area contributed by atoms with Gasteiger partial charge in [0, 0.05) is 73.7 Å². The summed E-state index contributed by atoms with van der Waals surface area (Å²) in [6.45, 7) is -0.174. The number of anilines is 7. The van der Waals surface area contributed by atoms with Gasteiger partial charge in [0.2, 0.25) is 17.8 Å². The van der Waals surface area contributed by atoms with Gasteiger partial charge in [-0.15, -0.1) is 4.33 Å². The Balaban J connectivity index is 1.90. The maximum Gasteiger partial charge on any atom is 0.266 e. The molecule has 0 fully saturated rings. The number of aliphatic hydroxyl groups excluding tert-OH is 4. The minimum atomic E-state index is -4.24. The SMILES string of the molecule is O=S(=O)(O)CCNc1nc(Nc2cccc(Nc3cc(N=CCSOOO)cc(N(CCO)CCO)c3)c2)nc(N(CCO)CCO)n1. The Bertz CT molecular complexity index is 1540. The van der Waals surface area contributed by atoms with Crippen molar-refractivity contribution in [3.05, 3.63) is 42.5 Å². The van der Waals surface area contributed by atoms with Crippen LogP contribution in [0.15, 0.2) is 47.5 Å². The molecule has 3 aromatic rings. The van der Waals surface area contributed by atoms with Crippen LogP contribution in [0.5, 0.6) is 0 Å². The largest absolute Gasteiger partial charge is 0.395 e. The summed E-state index contributed by atoms with van der Waals surface area (Å²) in [5.41, 5.74) is 3.08. The lowest BCUT2D eigenvalue weighted by atomic mass is 10.2. The van der Waals surface area contributed by atoms with Gasteiger partial charge in [-0.05, 0) is 36.4 Å². The summed E-state index contributed by atoms with van der Waals surface area (Å²) in [6, 6.07) is 12.5. The van der Waals surface area contributed by atoms with E-state index in [0.717, 1.165) is 12.0 Å². The molecule has 3 rings (SSSR count). The summed E-state index contributed by atoms with van der Waals surface area (Å²) in [5, 5.41) is 59.1. The van der Waals surface area contributed by atoms with Gasteiger partial charge in [0.25, 0.3) is 10.1 Å². The summed E-state index contributed by atoms with van der Waals surface area (Å²) in [7, 11) is -4.24. The van der Waals surface area contributed by atoms with Crippen LogP contribution in [0.3, 0.4) is 0 Å². The van der Waals surface area contributed by atoms with Gasteiger partial charge in [-0.3, -0.25) is 9.55 Å². The Morgan fingerprint density at radius 2 is 1.48 bits per heavy atom. The predicted octanol–water partition coefficient (Wildman–Crippen LogP) is 1.01. The first-order valence-electron chi connectivity index (χ1n) is 14.5. The first-order chi connectivity index (χ1) is 23.2. The number of aromatic nitrogens is 3. The van der Waals surface area contributed by atoms with Crippen LogP contribution in [0.4, 0.5) is 46.3 Å². The van der Waals surface area contributed by atoms with E-state index in [9.17, 15) is 28.8 Å². The highest BCUT2D eigenvalue weighted by Gasteiger charge is 2.15. The Hall–Kier alpha value is -3.90. The van der Waals surface area contributed by atoms with Crippen molar-refractivity contribution in [3.63, 3.8) is 0 Å². The van der Waals surface area contributed by atoms with Crippen molar-refractivity contribution in [2.24, 2.45) is 4.99 Å². The minimum absolute atomic E-state index is 0.00429. The van der Waals surface area contributed by atoms with Crippen molar-refractivity contribution < 1.29 is 48.0 Å². The lowest BCUT2D eigenvalue weighted by Crippen LogP contribution is -2.32. The van der Waals surface area contributed by atoms with Crippen molar-refractivity contribution in [1.82, 2.24) is 15.0 Å². The van der Waals surface area contributed by atoms with Crippen LogP contribution < -0.4 is 25.8 Å². The Morgan fingerprint density at radius 1 is 0.833 bits per heavy atom. The molecule has 0 unspecified atom stereocenters. The fourth-order valence-corrected chi connectivity index (χ4v) is 4.81. The molecule has 2 aromatic carbocycles. The third kappa shape index (κ3) is 13.7. The number of nitrogens with zero attached hydrogens (tertiary/aromatic N) is 6. The van der Waals surface area contributed by atoms with E-state index in [-0.39, 0.29) is 82.7 Å². The quantitative estimate of drug-likeness (QED) is 0.0166. The van der Waals surface area contributed by atoms with Gasteiger partial charge >= 0.3 is 0 Å². The van der Waals surface area contributed by atoms with Gasteiger partial charge in [0.05, 0.1) is 43.6 Å². The topological polar surface area (TPSA) is 268 Å². The second-order valence-corrected chi connectivity index (χ2v) is 11.9. The molecule has 0 aliphatic carbocycles. The van der Waals surface area contributed by atoms with Crippen LogP contribution in [-0.4, -0.2) is 130 Å². The van der Waals surface area contributed by atoms with Crippen LogP contribution in [0.2, 0.25) is 0 Å². The van der Waals surface area contributed by atoms with E-state index in [2.05, 4.69) is 45.3 Å². The molecule has 21 heteroatoms. The molecule has 0 atom stereocenters. The maximum absolute atomic E-state index is 11.2. The number of aliphatic imine (C=N–C) groups is 1. The van der Waals surface area contributed by atoms with Crippen molar-refractivity contribution in [2.75, 3.05) is 96.4 Å². The Labute approximate surface area is 281 Å². The number of hydrogen-bond donors (Lipinski definition) is 9. The second kappa shape index (κ2) is 20.5. The molecule has 0 spiro atoms. The van der Waals surface area contributed by atoms with E-state index in [1.807, 2.05) is 12.1 Å². The van der Waals surface area contributed by atoms with E-state index < -0.39 is 15.9 Å². The smallest absolute Gasteiger partial charge is 0.266 e. The first-order valence-corrected chi connectivity index (χ1v) is 17.0. The third-order valence-electron chi connectivity index (χ3n) is 6.17. The molecule has 0 aliphatic heterocycles. The molecule has 0 bridgehead atoms. The molecule has 1 aromatic heterocycles. The Kier molecular flexibility index (Phi) is 16.4. The first kappa shape index (κ1) is 38.5. The van der Waals surface area contributed by atoms with Crippen LogP contribution in [0, 0.1) is 0 Å². The van der Waals surface area contributed by atoms with E-state index in [4.69, 9.17) is 9.81 Å². The molecule has 264 valence electrons. The summed E-state index contributed by atoms with van der Waals surface area (Å²) >= 11 is 0.823. The highest BCUT2D eigenvalue weighted by atomic mass is 32.2. The lowest BCUT2D eigenvalue weighted by Gasteiger charge is -2.24. The van der Waals surface area contributed by atoms with E-state index in [0.29, 0.717) is 28.4 Å². The molecule has 1 heterocycles. The van der Waals surface area contributed by atoms with Crippen LogP contribution in [0.25, 0.3) is 0 Å². The fraction of sp³-hybridized carbons (Fsp3) is 0.407. The molecule has 0 saturated carbocycles. The predicted molar refractivity (Wildman–Crippen MR) is 182 cm³/mol. The Morgan fingerprint density at radius 3 is 2.12 bits per heavy atom. The van der Waals surface area contributed by atoms with Gasteiger partial charge in [-0.2, -0.15) is 23.4 Å². The molecule has 19 nitrogen and oxygen atoms in total. The molecular weight excluding hydrogens is 674 g/mol. The zero-order chi connectivity index (χ0) is 34.8. The van der Waals surface area contributed by atoms with E-state index in [1.165, 1.54) is 4.90 Å². The zero-order valence-corrected chi connectivity index (χ0v) is 27.3. The average molecular weight is 714 g/mol. The summed E-state index contributed by atoms with van der Waals surface area (Å²) in [6.07, 6.45) is 1.55. The summed E-state index contributed by atoms with van der Waals surface area (Å²) in [4.78, 5) is 20.7. The van der Waals surface area contributed by atoms with Crippen molar-refractivity contribution >= 4 is 74.7 Å². The lowest BCUT2D eigenvalue weighted by molar-refractivity contribution is -0.432. The van der Waals surface area contributed by atoms with E-state index >= 15 is 0 Å². The summed E-state index contributed by atoms with van der Waals surface area (Å²) < 4.78 is 35.8. The molecule has 0 saturated heterocycles. The minimum Gasteiger partial charge on any atom is -0.395 e. The number of hydrogen-bond acceptors (Lipinski definition) is 19. The van der Waals surface area contributed by atoms with Gasteiger partial charge < -0.3 is 46.2 Å². The van der Waals surface area contributed by atoms with Crippen LogP contribution in [0.1, 0.15) is 0 Å². The molecule has 48 heavy (non-hydrogen) atoms. The van der Waals surface area contributed by atoms with Crippen molar-refractivity contribution in [3.8, 4) is 0 Å².